The highest BCUT2D eigenvalue weighted by Gasteiger charge is 2.13. The number of H-pyrrole nitrogens is 1. The molecule has 0 aliphatic rings. The van der Waals surface area contributed by atoms with Crippen molar-refractivity contribution < 1.29 is 4.79 Å². The summed E-state index contributed by atoms with van der Waals surface area (Å²) in [6.07, 6.45) is 1.78. The Morgan fingerprint density at radius 3 is 3.00 bits per heavy atom. The number of thioether (sulfide) groups is 1. The minimum Gasteiger partial charge on any atom is -0.360 e. The van der Waals surface area contributed by atoms with Crippen molar-refractivity contribution in [2.75, 3.05) is 5.75 Å². The molecule has 0 atom stereocenters. The zero-order valence-electron chi connectivity index (χ0n) is 10.2. The normalized spacial score (nSPS) is 11.0. The molecule has 0 radical (unpaired) electrons. The number of aryl methyl sites for hydroxylation is 1. The van der Waals surface area contributed by atoms with Crippen LogP contribution in [-0.2, 0) is 0 Å². The van der Waals surface area contributed by atoms with E-state index in [4.69, 9.17) is 0 Å². The number of carbonyl (C=O) groups is 1. The van der Waals surface area contributed by atoms with E-state index < -0.39 is 0 Å². The van der Waals surface area contributed by atoms with Gasteiger partial charge in [-0.05, 0) is 13.0 Å². The van der Waals surface area contributed by atoms with E-state index in [1.165, 1.54) is 23.1 Å². The first-order chi connectivity index (χ1) is 9.24. The van der Waals surface area contributed by atoms with E-state index in [0.29, 0.717) is 5.75 Å². The highest BCUT2D eigenvalue weighted by Crippen LogP contribution is 2.24. The Hall–Kier alpha value is -1.66. The lowest BCUT2D eigenvalue weighted by molar-refractivity contribution is 0.102. The topological polar surface area (TPSA) is 58.6 Å². The van der Waals surface area contributed by atoms with Gasteiger partial charge in [-0.2, -0.15) is 0 Å². The van der Waals surface area contributed by atoms with Gasteiger partial charge in [0.15, 0.2) is 10.1 Å². The van der Waals surface area contributed by atoms with Crippen LogP contribution in [0.1, 0.15) is 15.4 Å². The summed E-state index contributed by atoms with van der Waals surface area (Å²) in [7, 11) is 0. The van der Waals surface area contributed by atoms with Gasteiger partial charge in [-0.1, -0.05) is 41.3 Å². The maximum absolute atomic E-state index is 12.2. The van der Waals surface area contributed by atoms with Gasteiger partial charge in [0, 0.05) is 22.7 Å². The Kier molecular flexibility index (Phi) is 3.35. The molecule has 0 aliphatic heterocycles. The molecule has 0 unspecified atom stereocenters. The second-order valence-corrected chi connectivity index (χ2v) is 6.45. The average Bonchev–Trinajstić information content (AvgIpc) is 3.02. The van der Waals surface area contributed by atoms with Crippen LogP contribution in [0.25, 0.3) is 10.9 Å². The molecule has 0 bridgehead atoms. The third-order valence-electron chi connectivity index (χ3n) is 2.72. The highest BCUT2D eigenvalue weighted by atomic mass is 32.2. The number of ketones is 1. The zero-order valence-corrected chi connectivity index (χ0v) is 11.8. The van der Waals surface area contributed by atoms with Crippen LogP contribution < -0.4 is 0 Å². The molecule has 0 amide bonds. The molecule has 0 saturated heterocycles. The molecule has 19 heavy (non-hydrogen) atoms. The number of hydrogen-bond donors (Lipinski definition) is 1. The summed E-state index contributed by atoms with van der Waals surface area (Å²) in [5.41, 5.74) is 1.73. The molecule has 2 aromatic heterocycles. The van der Waals surface area contributed by atoms with Crippen molar-refractivity contribution in [1.82, 2.24) is 15.2 Å². The van der Waals surface area contributed by atoms with Gasteiger partial charge in [0.2, 0.25) is 0 Å². The van der Waals surface area contributed by atoms with Gasteiger partial charge < -0.3 is 4.98 Å². The number of fused-ring (bicyclic) bond motifs is 1. The average molecular weight is 289 g/mol. The molecule has 0 fully saturated rings. The van der Waals surface area contributed by atoms with Crippen LogP contribution in [0, 0.1) is 6.92 Å². The fourth-order valence-electron chi connectivity index (χ4n) is 1.84. The Balaban J connectivity index is 1.77. The SMILES string of the molecule is Cc1nnc(SCC(=O)c2c[nH]c3ccccc23)s1. The number of nitrogens with one attached hydrogen (secondary N) is 1. The molecule has 0 aliphatic carbocycles. The molecule has 6 heteroatoms. The van der Waals surface area contributed by atoms with Crippen LogP contribution in [0.4, 0.5) is 0 Å². The van der Waals surface area contributed by atoms with Crippen molar-refractivity contribution >= 4 is 39.8 Å². The number of hydrogen-bond acceptors (Lipinski definition) is 5. The number of Topliss-reactive ketones (excluding diaryl/α,β-unsaturated/α-hetero) is 1. The van der Waals surface area contributed by atoms with Gasteiger partial charge in [0.05, 0.1) is 5.75 Å². The monoisotopic (exact) mass is 289 g/mol. The minimum absolute atomic E-state index is 0.107. The summed E-state index contributed by atoms with van der Waals surface area (Å²) < 4.78 is 0.839. The first-order valence-electron chi connectivity index (χ1n) is 5.76. The minimum atomic E-state index is 0.107. The standard InChI is InChI=1S/C13H11N3OS2/c1-8-15-16-13(19-8)18-7-12(17)10-6-14-11-5-3-2-4-9(10)11/h2-6,14H,7H2,1H3. The smallest absolute Gasteiger partial charge is 0.175 e. The van der Waals surface area contributed by atoms with Gasteiger partial charge in [-0.15, -0.1) is 10.2 Å². The van der Waals surface area contributed by atoms with Crippen molar-refractivity contribution in [2.45, 2.75) is 11.3 Å². The number of carbonyl (C=O) groups excluding carboxylic acids is 1. The maximum atomic E-state index is 12.2. The molecule has 1 aromatic carbocycles. The van der Waals surface area contributed by atoms with Crippen LogP contribution >= 0.6 is 23.1 Å². The Morgan fingerprint density at radius 1 is 1.37 bits per heavy atom. The van der Waals surface area contributed by atoms with E-state index in [-0.39, 0.29) is 5.78 Å². The second kappa shape index (κ2) is 5.14. The molecule has 3 aromatic rings. The van der Waals surface area contributed by atoms with Crippen molar-refractivity contribution in [3.63, 3.8) is 0 Å². The van der Waals surface area contributed by atoms with Crippen LogP contribution in [0.3, 0.4) is 0 Å². The summed E-state index contributed by atoms with van der Waals surface area (Å²) in [5.74, 6) is 0.492. The Morgan fingerprint density at radius 2 is 2.21 bits per heavy atom. The van der Waals surface area contributed by atoms with Crippen LogP contribution in [0.15, 0.2) is 34.8 Å². The third kappa shape index (κ3) is 2.54. The number of para-hydroxylation sites is 1. The summed E-state index contributed by atoms with van der Waals surface area (Å²) in [4.78, 5) is 15.3. The van der Waals surface area contributed by atoms with Crippen LogP contribution in [0.5, 0.6) is 0 Å². The molecular formula is C13H11N3OS2. The molecule has 4 nitrogen and oxygen atoms in total. The first-order valence-corrected chi connectivity index (χ1v) is 7.56. The highest BCUT2D eigenvalue weighted by molar-refractivity contribution is 8.01. The number of nitrogens with zero attached hydrogens (tertiary/aromatic N) is 2. The van der Waals surface area contributed by atoms with E-state index in [0.717, 1.165) is 25.8 Å². The number of benzene rings is 1. The predicted octanol–water partition coefficient (Wildman–Crippen LogP) is 3.30. The Labute approximate surface area is 118 Å². The first kappa shape index (κ1) is 12.4. The quantitative estimate of drug-likeness (QED) is 0.591. The fourth-order valence-corrected chi connectivity index (χ4v) is 3.54. The van der Waals surface area contributed by atoms with Gasteiger partial charge >= 0.3 is 0 Å². The predicted molar refractivity (Wildman–Crippen MR) is 78.0 cm³/mol. The maximum Gasteiger partial charge on any atom is 0.175 e. The van der Waals surface area contributed by atoms with E-state index >= 15 is 0 Å². The molecule has 0 saturated carbocycles. The molecular weight excluding hydrogens is 278 g/mol. The summed E-state index contributed by atoms with van der Waals surface area (Å²) in [5, 5.41) is 9.83. The molecule has 96 valence electrons. The largest absolute Gasteiger partial charge is 0.360 e. The van der Waals surface area contributed by atoms with Crippen LogP contribution in [-0.4, -0.2) is 26.7 Å². The molecule has 1 N–H and O–H groups in total. The summed E-state index contributed by atoms with van der Waals surface area (Å²) >= 11 is 2.95. The van der Waals surface area contributed by atoms with Crippen molar-refractivity contribution in [2.24, 2.45) is 0 Å². The van der Waals surface area contributed by atoms with Crippen LogP contribution in [0.2, 0.25) is 0 Å². The van der Waals surface area contributed by atoms with E-state index in [2.05, 4.69) is 15.2 Å². The summed E-state index contributed by atoms with van der Waals surface area (Å²) in [6.45, 7) is 1.91. The number of aromatic amines is 1. The van der Waals surface area contributed by atoms with Gasteiger partial charge in [0.25, 0.3) is 0 Å². The van der Waals surface area contributed by atoms with Gasteiger partial charge in [0.1, 0.15) is 5.01 Å². The third-order valence-corrected chi connectivity index (χ3v) is 4.70. The molecule has 3 rings (SSSR count). The van der Waals surface area contributed by atoms with Crippen molar-refractivity contribution in [1.29, 1.82) is 0 Å². The van der Waals surface area contributed by atoms with Crippen molar-refractivity contribution in [3.8, 4) is 0 Å². The zero-order chi connectivity index (χ0) is 13.2. The van der Waals surface area contributed by atoms with E-state index in [1.54, 1.807) is 6.20 Å². The Bertz CT molecular complexity index is 732. The lowest BCUT2D eigenvalue weighted by atomic mass is 10.1. The van der Waals surface area contributed by atoms with Gasteiger partial charge in [-0.3, -0.25) is 4.79 Å². The lowest BCUT2D eigenvalue weighted by Gasteiger charge is -1.97. The second-order valence-electron chi connectivity index (χ2n) is 4.05. The van der Waals surface area contributed by atoms with E-state index in [9.17, 15) is 4.79 Å². The lowest BCUT2D eigenvalue weighted by Crippen LogP contribution is -2.01. The van der Waals surface area contributed by atoms with Gasteiger partial charge in [-0.25, -0.2) is 0 Å². The number of rotatable bonds is 4. The number of aromatic nitrogens is 3. The summed E-state index contributed by atoms with van der Waals surface area (Å²) in [6, 6.07) is 7.81. The molecule has 0 spiro atoms. The molecule has 2 heterocycles. The van der Waals surface area contributed by atoms with Crippen molar-refractivity contribution in [3.05, 3.63) is 41.0 Å². The fraction of sp³-hybridized carbons (Fsp3) is 0.154. The van der Waals surface area contributed by atoms with E-state index in [1.807, 2.05) is 31.2 Å².